The Morgan fingerprint density at radius 1 is 0.960 bits per heavy atom. The van der Waals surface area contributed by atoms with E-state index in [1.54, 1.807) is 5.19 Å². The van der Waals surface area contributed by atoms with Crippen LogP contribution in [0, 0.1) is 0 Å². The van der Waals surface area contributed by atoms with E-state index in [0.29, 0.717) is 17.6 Å². The van der Waals surface area contributed by atoms with Gasteiger partial charge in [-0.1, -0.05) is 98.7 Å². The summed E-state index contributed by atoms with van der Waals surface area (Å²) in [6.45, 7) is 8.25. The molecule has 2 aromatic rings. The first kappa shape index (κ1) is 18.4. The molecule has 0 radical (unpaired) electrons. The van der Waals surface area contributed by atoms with Crippen LogP contribution in [-0.2, 0) is 4.74 Å². The Morgan fingerprint density at radius 3 is 2.24 bits per heavy atom. The summed E-state index contributed by atoms with van der Waals surface area (Å²) in [7, 11) is -1.59. The molecule has 1 aliphatic rings. The highest BCUT2D eigenvalue weighted by Crippen LogP contribution is 2.43. The van der Waals surface area contributed by atoms with Gasteiger partial charge < -0.3 is 4.74 Å². The van der Waals surface area contributed by atoms with E-state index in [-0.39, 0.29) is 0 Å². The predicted octanol–water partition coefficient (Wildman–Crippen LogP) is 5.74. The quantitative estimate of drug-likeness (QED) is 0.603. The van der Waals surface area contributed by atoms with E-state index in [2.05, 4.69) is 80.7 Å². The molecule has 1 aliphatic heterocycles. The van der Waals surface area contributed by atoms with Crippen LogP contribution in [0.5, 0.6) is 0 Å². The Kier molecular flexibility index (Phi) is 6.13. The van der Waals surface area contributed by atoms with Crippen molar-refractivity contribution < 1.29 is 4.74 Å². The van der Waals surface area contributed by atoms with Crippen LogP contribution in [0.4, 0.5) is 0 Å². The summed E-state index contributed by atoms with van der Waals surface area (Å²) in [4.78, 5) is 0. The van der Waals surface area contributed by atoms with Gasteiger partial charge in [-0.2, -0.15) is 0 Å². The minimum Gasteiger partial charge on any atom is -0.378 e. The van der Waals surface area contributed by atoms with Crippen LogP contribution >= 0.6 is 0 Å². The van der Waals surface area contributed by atoms with Crippen molar-refractivity contribution in [3.8, 4) is 0 Å². The summed E-state index contributed by atoms with van der Waals surface area (Å²) < 4.78 is 6.50. The number of benzene rings is 2. The second-order valence-electron chi connectivity index (χ2n) is 8.05. The smallest absolute Gasteiger partial charge is 0.0862 e. The fourth-order valence-corrected chi connectivity index (χ4v) is 7.92. The fraction of sp³-hybridized carbons (Fsp3) is 0.478. The summed E-state index contributed by atoms with van der Waals surface area (Å²) >= 11 is 0. The Morgan fingerprint density at radius 2 is 1.60 bits per heavy atom. The topological polar surface area (TPSA) is 9.23 Å². The Labute approximate surface area is 154 Å². The van der Waals surface area contributed by atoms with Crippen molar-refractivity contribution in [3.05, 3.63) is 66.2 Å². The first-order valence-corrected chi connectivity index (χ1v) is 12.9. The molecule has 1 saturated heterocycles. The maximum atomic E-state index is 6.50. The lowest BCUT2D eigenvalue weighted by Crippen LogP contribution is -2.52. The van der Waals surface area contributed by atoms with Crippen LogP contribution in [0.1, 0.15) is 44.1 Å². The van der Waals surface area contributed by atoms with Crippen molar-refractivity contribution in [2.24, 2.45) is 0 Å². The zero-order valence-electron chi connectivity index (χ0n) is 15.9. The second kappa shape index (κ2) is 8.33. The average molecular weight is 353 g/mol. The molecule has 25 heavy (non-hydrogen) atoms. The SMILES string of the molecule is CCCC[C@H]1OC[C@H](c2ccccc2)C[C@@H]1[Si](C)(C)c1ccccc1. The number of hydrogen-bond donors (Lipinski definition) is 0. The highest BCUT2D eigenvalue weighted by Gasteiger charge is 2.43. The van der Waals surface area contributed by atoms with E-state index in [4.69, 9.17) is 4.74 Å². The lowest BCUT2D eigenvalue weighted by atomic mass is 9.89. The van der Waals surface area contributed by atoms with Crippen molar-refractivity contribution >= 4 is 13.3 Å². The van der Waals surface area contributed by atoms with Gasteiger partial charge in [-0.3, -0.25) is 0 Å². The third kappa shape index (κ3) is 4.24. The minimum atomic E-state index is -1.59. The molecule has 0 unspecified atom stereocenters. The monoisotopic (exact) mass is 352 g/mol. The fourth-order valence-electron chi connectivity index (χ4n) is 4.37. The van der Waals surface area contributed by atoms with Gasteiger partial charge in [0.2, 0.25) is 0 Å². The van der Waals surface area contributed by atoms with Gasteiger partial charge in [0, 0.05) is 5.92 Å². The molecule has 3 atom stereocenters. The molecule has 0 aliphatic carbocycles. The van der Waals surface area contributed by atoms with Crippen LogP contribution in [0.2, 0.25) is 18.6 Å². The van der Waals surface area contributed by atoms with Crippen LogP contribution in [0.15, 0.2) is 60.7 Å². The van der Waals surface area contributed by atoms with Crippen molar-refractivity contribution in [1.29, 1.82) is 0 Å². The second-order valence-corrected chi connectivity index (χ2v) is 12.8. The van der Waals surface area contributed by atoms with E-state index in [9.17, 15) is 0 Å². The zero-order chi connectivity index (χ0) is 17.7. The molecule has 0 aromatic heterocycles. The maximum absolute atomic E-state index is 6.50. The number of hydrogen-bond acceptors (Lipinski definition) is 1. The molecule has 0 amide bonds. The minimum absolute atomic E-state index is 0.432. The summed E-state index contributed by atoms with van der Waals surface area (Å²) in [6.07, 6.45) is 5.44. The van der Waals surface area contributed by atoms with E-state index < -0.39 is 8.07 Å². The van der Waals surface area contributed by atoms with Crippen LogP contribution in [0.25, 0.3) is 0 Å². The molecule has 1 heterocycles. The van der Waals surface area contributed by atoms with Crippen molar-refractivity contribution in [1.82, 2.24) is 0 Å². The van der Waals surface area contributed by atoms with Gasteiger partial charge in [0.1, 0.15) is 0 Å². The number of ether oxygens (including phenoxy) is 1. The van der Waals surface area contributed by atoms with Gasteiger partial charge in [-0.15, -0.1) is 0 Å². The van der Waals surface area contributed by atoms with Crippen LogP contribution < -0.4 is 5.19 Å². The van der Waals surface area contributed by atoms with E-state index >= 15 is 0 Å². The summed E-state index contributed by atoms with van der Waals surface area (Å²) in [6, 6.07) is 22.2. The van der Waals surface area contributed by atoms with Gasteiger partial charge in [-0.05, 0) is 23.9 Å². The summed E-state index contributed by atoms with van der Waals surface area (Å²) in [5, 5.41) is 1.57. The predicted molar refractivity (Wildman–Crippen MR) is 110 cm³/mol. The highest BCUT2D eigenvalue weighted by molar-refractivity contribution is 6.91. The zero-order valence-corrected chi connectivity index (χ0v) is 16.9. The van der Waals surface area contributed by atoms with Gasteiger partial charge in [-0.25, -0.2) is 0 Å². The number of unbranched alkanes of at least 4 members (excludes halogenated alkanes) is 1. The van der Waals surface area contributed by atoms with Gasteiger partial charge in [0.25, 0.3) is 0 Å². The molecule has 0 bridgehead atoms. The molecular weight excluding hydrogens is 320 g/mol. The maximum Gasteiger partial charge on any atom is 0.0862 e. The molecular formula is C23H32OSi. The first-order valence-electron chi connectivity index (χ1n) is 9.85. The third-order valence-electron chi connectivity index (χ3n) is 6.06. The van der Waals surface area contributed by atoms with Crippen LogP contribution in [-0.4, -0.2) is 20.8 Å². The standard InChI is InChI=1S/C23H32OSi/c1-4-5-16-22-23(25(2,3)21-14-10-7-11-15-21)17-20(18-24-22)19-12-8-6-9-13-19/h6-15,20,22-23H,4-5,16-18H2,1-3H3/t20-,22-,23+/m1/s1. The molecule has 2 aromatic carbocycles. The molecule has 1 nitrogen and oxygen atoms in total. The van der Waals surface area contributed by atoms with E-state index in [0.717, 1.165) is 6.61 Å². The van der Waals surface area contributed by atoms with E-state index in [1.807, 2.05) is 0 Å². The lowest BCUT2D eigenvalue weighted by Gasteiger charge is -2.44. The average Bonchev–Trinajstić information content (AvgIpc) is 2.67. The third-order valence-corrected chi connectivity index (χ3v) is 10.3. The highest BCUT2D eigenvalue weighted by atomic mass is 28.3. The first-order chi connectivity index (χ1) is 12.1. The Balaban J connectivity index is 1.86. The van der Waals surface area contributed by atoms with Gasteiger partial charge in [0.15, 0.2) is 0 Å². The van der Waals surface area contributed by atoms with Crippen molar-refractivity contribution in [2.45, 2.75) is 63.3 Å². The molecule has 1 fully saturated rings. The molecule has 0 saturated carbocycles. The Bertz CT molecular complexity index is 638. The largest absolute Gasteiger partial charge is 0.378 e. The summed E-state index contributed by atoms with van der Waals surface area (Å²) in [5.74, 6) is 0.541. The van der Waals surface area contributed by atoms with Crippen molar-refractivity contribution in [3.63, 3.8) is 0 Å². The molecule has 134 valence electrons. The molecule has 3 rings (SSSR count). The van der Waals surface area contributed by atoms with E-state index in [1.165, 1.54) is 31.2 Å². The lowest BCUT2D eigenvalue weighted by molar-refractivity contribution is -0.00313. The summed E-state index contributed by atoms with van der Waals surface area (Å²) in [5.41, 5.74) is 2.12. The molecule has 0 N–H and O–H groups in total. The molecule has 2 heteroatoms. The van der Waals surface area contributed by atoms with Crippen molar-refractivity contribution in [2.75, 3.05) is 6.61 Å². The van der Waals surface area contributed by atoms with Crippen LogP contribution in [0.3, 0.4) is 0 Å². The molecule has 0 spiro atoms. The number of rotatable bonds is 6. The van der Waals surface area contributed by atoms with Gasteiger partial charge in [0.05, 0.1) is 20.8 Å². The van der Waals surface area contributed by atoms with Gasteiger partial charge >= 0.3 is 0 Å². The normalized spacial score (nSPS) is 24.2. The Hall–Kier alpha value is -1.38.